The van der Waals surface area contributed by atoms with Gasteiger partial charge in [-0.05, 0) is 26.2 Å². The van der Waals surface area contributed by atoms with Crippen LogP contribution in [0.25, 0.3) is 0 Å². The van der Waals surface area contributed by atoms with Gasteiger partial charge in [-0.15, -0.1) is 0 Å². The Hall–Kier alpha value is -0.610. The van der Waals surface area contributed by atoms with Crippen molar-refractivity contribution in [2.24, 2.45) is 0 Å². The van der Waals surface area contributed by atoms with Crippen molar-refractivity contribution >= 4 is 5.91 Å². The first kappa shape index (κ1) is 12.5. The second-order valence-corrected chi connectivity index (χ2v) is 4.26. The molecule has 0 radical (unpaired) electrons. The molecular formula is C11H22N2O2. The lowest BCUT2D eigenvalue weighted by Gasteiger charge is -2.24. The fourth-order valence-electron chi connectivity index (χ4n) is 1.86. The zero-order valence-corrected chi connectivity index (χ0v) is 9.70. The Labute approximate surface area is 91.6 Å². The number of hydrogen-bond acceptors (Lipinski definition) is 3. The summed E-state index contributed by atoms with van der Waals surface area (Å²) in [5.41, 5.74) is 0. The summed E-state index contributed by atoms with van der Waals surface area (Å²) in [6, 6.07) is 0.431. The zero-order chi connectivity index (χ0) is 11.3. The van der Waals surface area contributed by atoms with Gasteiger partial charge in [-0.1, -0.05) is 6.92 Å². The van der Waals surface area contributed by atoms with Crippen LogP contribution in [0.3, 0.4) is 0 Å². The summed E-state index contributed by atoms with van der Waals surface area (Å²) in [4.78, 5) is 13.6. The third-order valence-corrected chi connectivity index (χ3v) is 3.12. The Morgan fingerprint density at radius 2 is 2.40 bits per heavy atom. The van der Waals surface area contributed by atoms with E-state index in [4.69, 9.17) is 5.11 Å². The Kier molecular flexibility index (Phi) is 5.05. The number of likely N-dealkylation sites (tertiary alicyclic amines) is 1. The van der Waals surface area contributed by atoms with Gasteiger partial charge in [0.25, 0.3) is 0 Å². The van der Waals surface area contributed by atoms with Crippen LogP contribution in [-0.4, -0.2) is 47.7 Å². The summed E-state index contributed by atoms with van der Waals surface area (Å²) in [5.74, 6) is 0.117. The molecule has 0 aromatic heterocycles. The molecule has 0 spiro atoms. The van der Waals surface area contributed by atoms with Gasteiger partial charge in [-0.25, -0.2) is 0 Å². The summed E-state index contributed by atoms with van der Waals surface area (Å²) in [7, 11) is 0. The van der Waals surface area contributed by atoms with Crippen LogP contribution in [0.15, 0.2) is 0 Å². The van der Waals surface area contributed by atoms with Crippen LogP contribution >= 0.6 is 0 Å². The zero-order valence-electron chi connectivity index (χ0n) is 9.70. The molecule has 1 saturated heterocycles. The highest BCUT2D eigenvalue weighted by Crippen LogP contribution is 2.16. The van der Waals surface area contributed by atoms with Crippen LogP contribution in [0.4, 0.5) is 0 Å². The van der Waals surface area contributed by atoms with E-state index in [-0.39, 0.29) is 18.6 Å². The number of carbonyl (C=O) groups is 1. The third-order valence-electron chi connectivity index (χ3n) is 3.12. The van der Waals surface area contributed by atoms with Gasteiger partial charge in [0.2, 0.25) is 5.91 Å². The first-order chi connectivity index (χ1) is 7.19. The molecule has 1 aliphatic heterocycles. The van der Waals surface area contributed by atoms with Crippen LogP contribution in [0.5, 0.6) is 0 Å². The van der Waals surface area contributed by atoms with Gasteiger partial charge < -0.3 is 15.3 Å². The normalized spacial score (nSPS) is 23.1. The Balaban J connectivity index is 2.33. The van der Waals surface area contributed by atoms with E-state index in [9.17, 15) is 4.79 Å². The SMILES string of the molecule is CCC(C)NCC(=O)N1CCCC1CO. The standard InChI is InChI=1S/C11H22N2O2/c1-3-9(2)12-7-11(15)13-6-4-5-10(13)8-14/h9-10,12,14H,3-8H2,1-2H3. The van der Waals surface area contributed by atoms with E-state index in [0.717, 1.165) is 25.8 Å². The molecule has 0 aromatic rings. The number of nitrogens with zero attached hydrogens (tertiary/aromatic N) is 1. The third kappa shape index (κ3) is 3.47. The van der Waals surface area contributed by atoms with E-state index in [1.54, 1.807) is 4.90 Å². The second kappa shape index (κ2) is 6.08. The summed E-state index contributed by atoms with van der Waals surface area (Å²) in [6.45, 7) is 5.45. The number of aliphatic hydroxyl groups excluding tert-OH is 1. The van der Waals surface area contributed by atoms with Crippen molar-refractivity contribution in [3.05, 3.63) is 0 Å². The maximum absolute atomic E-state index is 11.8. The average Bonchev–Trinajstić information content (AvgIpc) is 2.73. The van der Waals surface area contributed by atoms with Crippen molar-refractivity contribution in [2.75, 3.05) is 19.7 Å². The Morgan fingerprint density at radius 1 is 1.67 bits per heavy atom. The molecule has 4 nitrogen and oxygen atoms in total. The van der Waals surface area contributed by atoms with Crippen LogP contribution in [0, 0.1) is 0 Å². The topological polar surface area (TPSA) is 52.6 Å². The van der Waals surface area contributed by atoms with Crippen molar-refractivity contribution in [3.63, 3.8) is 0 Å². The molecule has 15 heavy (non-hydrogen) atoms. The first-order valence-corrected chi connectivity index (χ1v) is 5.82. The number of rotatable bonds is 5. The average molecular weight is 214 g/mol. The molecule has 0 bridgehead atoms. The van der Waals surface area contributed by atoms with E-state index in [2.05, 4.69) is 19.2 Å². The monoisotopic (exact) mass is 214 g/mol. The van der Waals surface area contributed by atoms with Crippen LogP contribution in [0.2, 0.25) is 0 Å². The van der Waals surface area contributed by atoms with Crippen molar-refractivity contribution in [3.8, 4) is 0 Å². The molecule has 2 unspecified atom stereocenters. The summed E-state index contributed by atoms with van der Waals surface area (Å²) < 4.78 is 0. The van der Waals surface area contributed by atoms with Gasteiger partial charge >= 0.3 is 0 Å². The Bertz CT molecular complexity index is 209. The van der Waals surface area contributed by atoms with Gasteiger partial charge in [0, 0.05) is 12.6 Å². The highest BCUT2D eigenvalue weighted by molar-refractivity contribution is 5.78. The van der Waals surface area contributed by atoms with Crippen LogP contribution < -0.4 is 5.32 Å². The molecular weight excluding hydrogens is 192 g/mol. The molecule has 88 valence electrons. The molecule has 0 saturated carbocycles. The summed E-state index contributed by atoms with van der Waals surface area (Å²) in [6.07, 6.45) is 2.97. The lowest BCUT2D eigenvalue weighted by molar-refractivity contribution is -0.131. The molecule has 1 amide bonds. The largest absolute Gasteiger partial charge is 0.394 e. The molecule has 4 heteroatoms. The van der Waals surface area contributed by atoms with E-state index >= 15 is 0 Å². The van der Waals surface area contributed by atoms with Gasteiger partial charge in [0.15, 0.2) is 0 Å². The van der Waals surface area contributed by atoms with E-state index in [1.165, 1.54) is 0 Å². The fourth-order valence-corrected chi connectivity index (χ4v) is 1.86. The molecule has 0 aliphatic carbocycles. The second-order valence-electron chi connectivity index (χ2n) is 4.26. The molecule has 1 rings (SSSR count). The fraction of sp³-hybridized carbons (Fsp3) is 0.909. The smallest absolute Gasteiger partial charge is 0.236 e. The molecule has 1 heterocycles. The number of nitrogens with one attached hydrogen (secondary N) is 1. The maximum atomic E-state index is 11.8. The van der Waals surface area contributed by atoms with Gasteiger partial charge in [-0.3, -0.25) is 4.79 Å². The quantitative estimate of drug-likeness (QED) is 0.694. The van der Waals surface area contributed by atoms with E-state index in [0.29, 0.717) is 12.6 Å². The molecule has 1 fully saturated rings. The van der Waals surface area contributed by atoms with Gasteiger partial charge in [0.05, 0.1) is 19.2 Å². The van der Waals surface area contributed by atoms with Crippen molar-refractivity contribution in [1.82, 2.24) is 10.2 Å². The molecule has 1 aliphatic rings. The highest BCUT2D eigenvalue weighted by Gasteiger charge is 2.27. The Morgan fingerprint density at radius 3 is 3.00 bits per heavy atom. The number of aliphatic hydroxyl groups is 1. The highest BCUT2D eigenvalue weighted by atomic mass is 16.3. The molecule has 2 N–H and O–H groups in total. The van der Waals surface area contributed by atoms with Crippen LogP contribution in [0.1, 0.15) is 33.1 Å². The van der Waals surface area contributed by atoms with Crippen LogP contribution in [-0.2, 0) is 4.79 Å². The molecule has 2 atom stereocenters. The first-order valence-electron chi connectivity index (χ1n) is 5.82. The van der Waals surface area contributed by atoms with Crippen molar-refractivity contribution in [2.45, 2.75) is 45.2 Å². The maximum Gasteiger partial charge on any atom is 0.236 e. The number of amides is 1. The van der Waals surface area contributed by atoms with E-state index in [1.807, 2.05) is 0 Å². The lowest BCUT2D eigenvalue weighted by Crippen LogP contribution is -2.44. The number of hydrogen-bond donors (Lipinski definition) is 2. The van der Waals surface area contributed by atoms with Gasteiger partial charge in [-0.2, -0.15) is 0 Å². The predicted molar refractivity (Wildman–Crippen MR) is 59.6 cm³/mol. The summed E-state index contributed by atoms with van der Waals surface area (Å²) in [5, 5.41) is 12.3. The van der Waals surface area contributed by atoms with Crippen molar-refractivity contribution in [1.29, 1.82) is 0 Å². The lowest BCUT2D eigenvalue weighted by atomic mass is 10.2. The molecule has 0 aromatic carbocycles. The minimum absolute atomic E-state index is 0.0521. The minimum atomic E-state index is 0.0521. The van der Waals surface area contributed by atoms with Crippen molar-refractivity contribution < 1.29 is 9.90 Å². The minimum Gasteiger partial charge on any atom is -0.394 e. The predicted octanol–water partition coefficient (Wildman–Crippen LogP) is 0.358. The van der Waals surface area contributed by atoms with Gasteiger partial charge in [0.1, 0.15) is 0 Å². The number of carbonyl (C=O) groups excluding carboxylic acids is 1. The van der Waals surface area contributed by atoms with E-state index < -0.39 is 0 Å². The summed E-state index contributed by atoms with van der Waals surface area (Å²) >= 11 is 0.